The Bertz CT molecular complexity index is 589. The molecule has 0 spiro atoms. The maximum atomic E-state index is 6.00. The predicted octanol–water partition coefficient (Wildman–Crippen LogP) is 2.83. The van der Waals surface area contributed by atoms with Crippen molar-refractivity contribution in [3.05, 3.63) is 52.4 Å². The molecule has 1 aromatic carbocycles. The molecule has 0 radical (unpaired) electrons. The largest absolute Gasteiger partial charge is 0.373 e. The van der Waals surface area contributed by atoms with Gasteiger partial charge in [-0.1, -0.05) is 30.3 Å². The molecule has 0 saturated heterocycles. The third-order valence-corrected chi connectivity index (χ3v) is 3.40. The lowest BCUT2D eigenvalue weighted by Crippen LogP contribution is -2.21. The first-order valence-corrected chi connectivity index (χ1v) is 6.58. The van der Waals surface area contributed by atoms with Crippen LogP contribution in [0.25, 0.3) is 0 Å². The van der Waals surface area contributed by atoms with Crippen LogP contribution >= 0.6 is 11.6 Å². The molecular formula is C14H14ClN3O. The van der Waals surface area contributed by atoms with Crippen LogP contribution in [0.2, 0.25) is 5.28 Å². The average molecular weight is 276 g/mol. The zero-order chi connectivity index (χ0) is 13.2. The zero-order valence-corrected chi connectivity index (χ0v) is 11.3. The van der Waals surface area contributed by atoms with E-state index in [0.717, 1.165) is 29.1 Å². The molecule has 1 aromatic heterocycles. The average Bonchev–Trinajstić information content (AvgIpc) is 2.46. The summed E-state index contributed by atoms with van der Waals surface area (Å²) >= 11 is 6.00. The van der Waals surface area contributed by atoms with Crippen molar-refractivity contribution in [2.24, 2.45) is 0 Å². The number of nitrogens with zero attached hydrogens (tertiary/aromatic N) is 2. The van der Waals surface area contributed by atoms with Crippen LogP contribution < -0.4 is 5.32 Å². The normalized spacial score (nSPS) is 17.9. The van der Waals surface area contributed by atoms with E-state index in [2.05, 4.69) is 15.3 Å². The van der Waals surface area contributed by atoms with Crippen molar-refractivity contribution in [2.45, 2.75) is 12.5 Å². The molecule has 1 atom stereocenters. The first kappa shape index (κ1) is 12.4. The van der Waals surface area contributed by atoms with Crippen molar-refractivity contribution in [2.75, 3.05) is 19.0 Å². The Morgan fingerprint density at radius 1 is 1.26 bits per heavy atom. The lowest BCUT2D eigenvalue weighted by atomic mass is 9.98. The fraction of sp³-hybridized carbons (Fsp3) is 0.286. The Labute approximate surface area is 116 Å². The molecule has 0 amide bonds. The molecule has 1 aliphatic heterocycles. The molecule has 3 rings (SSSR count). The fourth-order valence-corrected chi connectivity index (χ4v) is 2.56. The third-order valence-electron chi connectivity index (χ3n) is 3.24. The Morgan fingerprint density at radius 2 is 2.05 bits per heavy atom. The quantitative estimate of drug-likeness (QED) is 0.856. The van der Waals surface area contributed by atoms with E-state index in [4.69, 9.17) is 16.3 Å². The number of hydrogen-bond acceptors (Lipinski definition) is 4. The van der Waals surface area contributed by atoms with E-state index < -0.39 is 0 Å². The van der Waals surface area contributed by atoms with Gasteiger partial charge in [-0.2, -0.15) is 0 Å². The molecule has 2 aromatic rings. The van der Waals surface area contributed by atoms with Crippen LogP contribution in [-0.4, -0.2) is 23.6 Å². The second-order valence-corrected chi connectivity index (χ2v) is 4.70. The summed E-state index contributed by atoms with van der Waals surface area (Å²) in [5.74, 6) is 0.791. The van der Waals surface area contributed by atoms with Crippen molar-refractivity contribution in [1.29, 1.82) is 0 Å². The van der Waals surface area contributed by atoms with Gasteiger partial charge in [0.1, 0.15) is 11.9 Å². The van der Waals surface area contributed by atoms with E-state index >= 15 is 0 Å². The molecule has 98 valence electrons. The smallest absolute Gasteiger partial charge is 0.224 e. The molecule has 1 N–H and O–H groups in total. The van der Waals surface area contributed by atoms with Gasteiger partial charge < -0.3 is 10.1 Å². The number of rotatable bonds is 2. The summed E-state index contributed by atoms with van der Waals surface area (Å²) < 4.78 is 5.87. The van der Waals surface area contributed by atoms with Crippen molar-refractivity contribution in [1.82, 2.24) is 9.97 Å². The number of benzene rings is 1. The molecule has 2 heterocycles. The molecule has 0 aliphatic carbocycles. The summed E-state index contributed by atoms with van der Waals surface area (Å²) in [6.45, 7) is 0.659. The predicted molar refractivity (Wildman–Crippen MR) is 74.5 cm³/mol. The number of nitrogens with one attached hydrogen (secondary N) is 1. The van der Waals surface area contributed by atoms with Crippen LogP contribution in [0.15, 0.2) is 30.3 Å². The highest BCUT2D eigenvalue weighted by atomic mass is 35.5. The van der Waals surface area contributed by atoms with Gasteiger partial charge in [0.25, 0.3) is 0 Å². The van der Waals surface area contributed by atoms with E-state index in [9.17, 15) is 0 Å². The van der Waals surface area contributed by atoms with Crippen LogP contribution in [-0.2, 0) is 11.2 Å². The van der Waals surface area contributed by atoms with Gasteiger partial charge in [0.15, 0.2) is 0 Å². The Hall–Kier alpha value is -1.65. The third kappa shape index (κ3) is 2.29. The minimum Gasteiger partial charge on any atom is -0.373 e. The Balaban J connectivity index is 2.12. The molecule has 19 heavy (non-hydrogen) atoms. The molecule has 1 aliphatic rings. The van der Waals surface area contributed by atoms with Crippen LogP contribution in [0.3, 0.4) is 0 Å². The first-order valence-electron chi connectivity index (χ1n) is 6.20. The number of aromatic nitrogens is 2. The van der Waals surface area contributed by atoms with Crippen LogP contribution in [0.4, 0.5) is 5.82 Å². The van der Waals surface area contributed by atoms with Crippen LogP contribution in [0, 0.1) is 0 Å². The zero-order valence-electron chi connectivity index (χ0n) is 10.6. The summed E-state index contributed by atoms with van der Waals surface area (Å²) in [5, 5.41) is 3.32. The van der Waals surface area contributed by atoms with E-state index in [1.807, 2.05) is 37.4 Å². The van der Waals surface area contributed by atoms with Gasteiger partial charge in [-0.25, -0.2) is 9.97 Å². The van der Waals surface area contributed by atoms with E-state index in [0.29, 0.717) is 6.61 Å². The molecule has 1 unspecified atom stereocenters. The minimum atomic E-state index is -0.169. The van der Waals surface area contributed by atoms with Crippen molar-refractivity contribution in [3.8, 4) is 0 Å². The van der Waals surface area contributed by atoms with E-state index in [1.165, 1.54) is 0 Å². The van der Waals surface area contributed by atoms with Gasteiger partial charge in [-0.15, -0.1) is 0 Å². The number of anilines is 1. The lowest BCUT2D eigenvalue weighted by Gasteiger charge is -2.26. The molecule has 0 saturated carbocycles. The van der Waals surface area contributed by atoms with Crippen LogP contribution in [0.1, 0.15) is 22.9 Å². The molecule has 5 heteroatoms. The van der Waals surface area contributed by atoms with Gasteiger partial charge >= 0.3 is 0 Å². The maximum absolute atomic E-state index is 6.00. The highest BCUT2D eigenvalue weighted by molar-refractivity contribution is 6.28. The number of fused-ring (bicyclic) bond motifs is 1. The highest BCUT2D eigenvalue weighted by Gasteiger charge is 2.27. The molecular weight excluding hydrogens is 262 g/mol. The Morgan fingerprint density at radius 3 is 2.79 bits per heavy atom. The van der Waals surface area contributed by atoms with Crippen LogP contribution in [0.5, 0.6) is 0 Å². The van der Waals surface area contributed by atoms with Gasteiger partial charge in [-0.3, -0.25) is 0 Å². The molecule has 0 fully saturated rings. The second kappa shape index (κ2) is 5.15. The standard InChI is InChI=1S/C14H14ClN3O/c1-16-13-10-7-8-19-12(9-5-3-2-4-6-9)11(10)17-14(15)18-13/h2-6,12H,7-8H2,1H3,(H,16,17,18). The first-order chi connectivity index (χ1) is 9.29. The van der Waals surface area contributed by atoms with Crippen molar-refractivity contribution >= 4 is 17.4 Å². The Kier molecular flexibility index (Phi) is 3.36. The topological polar surface area (TPSA) is 47.0 Å². The summed E-state index contributed by atoms with van der Waals surface area (Å²) in [6.07, 6.45) is 0.629. The number of hydrogen-bond donors (Lipinski definition) is 1. The van der Waals surface area contributed by atoms with Gasteiger partial charge in [-0.05, 0) is 17.2 Å². The highest BCUT2D eigenvalue weighted by Crippen LogP contribution is 2.34. The second-order valence-electron chi connectivity index (χ2n) is 4.37. The summed E-state index contributed by atoms with van der Waals surface area (Å²) in [4.78, 5) is 8.59. The molecule has 4 nitrogen and oxygen atoms in total. The summed E-state index contributed by atoms with van der Waals surface area (Å²) in [6, 6.07) is 10.0. The maximum Gasteiger partial charge on any atom is 0.224 e. The number of halogens is 1. The van der Waals surface area contributed by atoms with Gasteiger partial charge in [0, 0.05) is 19.0 Å². The fourth-order valence-electron chi connectivity index (χ4n) is 2.38. The van der Waals surface area contributed by atoms with E-state index in [-0.39, 0.29) is 11.4 Å². The molecule has 0 bridgehead atoms. The van der Waals surface area contributed by atoms with E-state index in [1.54, 1.807) is 0 Å². The number of ether oxygens (including phenoxy) is 1. The van der Waals surface area contributed by atoms with Crippen molar-refractivity contribution < 1.29 is 4.74 Å². The van der Waals surface area contributed by atoms with Crippen molar-refractivity contribution in [3.63, 3.8) is 0 Å². The SMILES string of the molecule is CNc1nc(Cl)nc2c1CCOC2c1ccccc1. The minimum absolute atomic E-state index is 0.169. The van der Waals surface area contributed by atoms with Gasteiger partial charge in [0.2, 0.25) is 5.28 Å². The monoisotopic (exact) mass is 275 g/mol. The summed E-state index contributed by atoms with van der Waals surface area (Å²) in [5.41, 5.74) is 3.04. The van der Waals surface area contributed by atoms with Gasteiger partial charge in [0.05, 0.1) is 12.3 Å². The summed E-state index contributed by atoms with van der Waals surface area (Å²) in [7, 11) is 1.84. The lowest BCUT2D eigenvalue weighted by molar-refractivity contribution is 0.0664.